The fourth-order valence-electron chi connectivity index (χ4n) is 2.60. The van der Waals surface area contributed by atoms with Crippen LogP contribution in [0, 0.1) is 10.1 Å². The molecule has 6 nitrogen and oxygen atoms in total. The molecule has 1 atom stereocenters. The summed E-state index contributed by atoms with van der Waals surface area (Å²) in [5.74, 6) is 0. The lowest BCUT2D eigenvalue weighted by Crippen LogP contribution is -2.26. The number of nitro groups is 1. The third kappa shape index (κ3) is 2.00. The molecular weight excluding hydrogens is 244 g/mol. The number of non-ortho nitro benzene ring substituents is 1. The zero-order valence-corrected chi connectivity index (χ0v) is 10.3. The van der Waals surface area contributed by atoms with Gasteiger partial charge in [0.15, 0.2) is 0 Å². The van der Waals surface area contributed by atoms with Gasteiger partial charge in [-0.05, 0) is 18.6 Å². The number of nitrogens with two attached hydrogens (primary N) is 1. The molecule has 2 N–H and O–H groups in total. The Hall–Kier alpha value is -2.21. The Morgan fingerprint density at radius 1 is 1.37 bits per heavy atom. The minimum atomic E-state index is -0.359. The van der Waals surface area contributed by atoms with Gasteiger partial charge in [-0.3, -0.25) is 15.1 Å². The Morgan fingerprint density at radius 3 is 2.89 bits per heavy atom. The molecule has 0 spiro atoms. The van der Waals surface area contributed by atoms with Crippen LogP contribution in [-0.2, 0) is 0 Å². The molecule has 1 aromatic carbocycles. The molecule has 1 unspecified atom stereocenters. The number of anilines is 1. The van der Waals surface area contributed by atoms with Crippen molar-refractivity contribution in [2.24, 2.45) is 5.73 Å². The number of fused-ring (bicyclic) bond motifs is 1. The summed E-state index contributed by atoms with van der Waals surface area (Å²) in [7, 11) is 0. The van der Waals surface area contributed by atoms with Gasteiger partial charge >= 0.3 is 0 Å². The Kier molecular flexibility index (Phi) is 2.79. The SMILES string of the molecule is NC1CCN(c2ccc([N+](=O)[O-])c3ccncc23)C1. The van der Waals surface area contributed by atoms with Crippen LogP contribution < -0.4 is 10.6 Å². The van der Waals surface area contributed by atoms with Gasteiger partial charge < -0.3 is 10.6 Å². The molecule has 1 fully saturated rings. The maximum atomic E-state index is 11.1. The molecule has 2 heterocycles. The number of pyridine rings is 1. The number of hydrogen-bond donors (Lipinski definition) is 1. The van der Waals surface area contributed by atoms with Crippen LogP contribution in [0.5, 0.6) is 0 Å². The van der Waals surface area contributed by atoms with Crippen molar-refractivity contribution >= 4 is 22.1 Å². The van der Waals surface area contributed by atoms with Crippen LogP contribution in [0.15, 0.2) is 30.6 Å². The zero-order valence-electron chi connectivity index (χ0n) is 10.3. The van der Waals surface area contributed by atoms with Crippen molar-refractivity contribution in [3.63, 3.8) is 0 Å². The van der Waals surface area contributed by atoms with Crippen molar-refractivity contribution in [2.45, 2.75) is 12.5 Å². The van der Waals surface area contributed by atoms with Gasteiger partial charge in [0.25, 0.3) is 5.69 Å². The second-order valence-electron chi connectivity index (χ2n) is 4.78. The van der Waals surface area contributed by atoms with Crippen molar-refractivity contribution in [1.82, 2.24) is 4.98 Å². The van der Waals surface area contributed by atoms with Crippen molar-refractivity contribution in [1.29, 1.82) is 0 Å². The maximum absolute atomic E-state index is 11.1. The first-order chi connectivity index (χ1) is 9.16. The maximum Gasteiger partial charge on any atom is 0.277 e. The number of hydrogen-bond acceptors (Lipinski definition) is 5. The number of rotatable bonds is 2. The minimum absolute atomic E-state index is 0.115. The highest BCUT2D eigenvalue weighted by Gasteiger charge is 2.23. The molecule has 6 heteroatoms. The third-order valence-corrected chi connectivity index (χ3v) is 3.53. The molecule has 0 bridgehead atoms. The average molecular weight is 258 g/mol. The standard InChI is InChI=1S/C13H14N4O2/c14-9-4-6-16(8-9)12-1-2-13(17(18)19)10-3-5-15-7-11(10)12/h1-3,5,7,9H,4,6,8,14H2. The van der Waals surface area contributed by atoms with Crippen LogP contribution in [0.25, 0.3) is 10.8 Å². The molecule has 1 saturated heterocycles. The van der Waals surface area contributed by atoms with Gasteiger partial charge in [-0.15, -0.1) is 0 Å². The van der Waals surface area contributed by atoms with Crippen LogP contribution in [0.1, 0.15) is 6.42 Å². The Morgan fingerprint density at radius 2 is 2.21 bits per heavy atom. The lowest BCUT2D eigenvalue weighted by molar-refractivity contribution is -0.383. The van der Waals surface area contributed by atoms with E-state index in [1.807, 2.05) is 0 Å². The summed E-state index contributed by atoms with van der Waals surface area (Å²) in [4.78, 5) is 16.9. The second-order valence-corrected chi connectivity index (χ2v) is 4.78. The van der Waals surface area contributed by atoms with Gasteiger partial charge in [-0.1, -0.05) is 0 Å². The van der Waals surface area contributed by atoms with Crippen molar-refractivity contribution in [2.75, 3.05) is 18.0 Å². The molecule has 0 radical (unpaired) electrons. The van der Waals surface area contributed by atoms with E-state index in [9.17, 15) is 10.1 Å². The molecule has 1 aromatic heterocycles. The summed E-state index contributed by atoms with van der Waals surface area (Å²) >= 11 is 0. The van der Waals surface area contributed by atoms with E-state index in [1.54, 1.807) is 30.6 Å². The number of aromatic nitrogens is 1. The number of nitrogens with zero attached hydrogens (tertiary/aromatic N) is 3. The van der Waals surface area contributed by atoms with E-state index < -0.39 is 0 Å². The van der Waals surface area contributed by atoms with E-state index in [1.165, 1.54) is 0 Å². The summed E-state index contributed by atoms with van der Waals surface area (Å²) < 4.78 is 0. The van der Waals surface area contributed by atoms with Crippen LogP contribution in [0.3, 0.4) is 0 Å². The summed E-state index contributed by atoms with van der Waals surface area (Å²) in [6.45, 7) is 1.66. The fraction of sp³-hybridized carbons (Fsp3) is 0.308. The topological polar surface area (TPSA) is 85.3 Å². The van der Waals surface area contributed by atoms with Gasteiger partial charge in [0, 0.05) is 48.7 Å². The van der Waals surface area contributed by atoms with Crippen molar-refractivity contribution < 1.29 is 4.92 Å². The Labute approximate surface area is 110 Å². The average Bonchev–Trinajstić information content (AvgIpc) is 2.83. The van der Waals surface area contributed by atoms with Crippen molar-refractivity contribution in [3.8, 4) is 0 Å². The quantitative estimate of drug-likeness (QED) is 0.654. The number of benzene rings is 1. The highest BCUT2D eigenvalue weighted by molar-refractivity contribution is 5.99. The van der Waals surface area contributed by atoms with Gasteiger partial charge in [0.1, 0.15) is 0 Å². The molecule has 3 rings (SSSR count). The van der Waals surface area contributed by atoms with Crippen molar-refractivity contribution in [3.05, 3.63) is 40.7 Å². The smallest absolute Gasteiger partial charge is 0.277 e. The fourth-order valence-corrected chi connectivity index (χ4v) is 2.60. The molecule has 98 valence electrons. The van der Waals surface area contributed by atoms with E-state index in [0.29, 0.717) is 5.39 Å². The van der Waals surface area contributed by atoms with Gasteiger partial charge in [-0.2, -0.15) is 0 Å². The van der Waals surface area contributed by atoms with Crippen LogP contribution in [0.4, 0.5) is 11.4 Å². The lowest BCUT2D eigenvalue weighted by Gasteiger charge is -2.19. The predicted octanol–water partition coefficient (Wildman–Crippen LogP) is 1.68. The van der Waals surface area contributed by atoms with E-state index in [2.05, 4.69) is 9.88 Å². The lowest BCUT2D eigenvalue weighted by atomic mass is 10.1. The Balaban J connectivity index is 2.17. The van der Waals surface area contributed by atoms with Crippen LogP contribution in [0.2, 0.25) is 0 Å². The molecule has 1 aliphatic heterocycles. The van der Waals surface area contributed by atoms with E-state index in [-0.39, 0.29) is 16.7 Å². The summed E-state index contributed by atoms with van der Waals surface area (Å²) in [6.07, 6.45) is 4.20. The summed E-state index contributed by atoms with van der Waals surface area (Å²) in [5, 5.41) is 12.5. The van der Waals surface area contributed by atoms with E-state index in [0.717, 1.165) is 30.6 Å². The van der Waals surface area contributed by atoms with Crippen LogP contribution >= 0.6 is 0 Å². The molecule has 0 saturated carbocycles. The summed E-state index contributed by atoms with van der Waals surface area (Å²) in [5.41, 5.74) is 7.01. The monoisotopic (exact) mass is 258 g/mol. The zero-order chi connectivity index (χ0) is 13.4. The highest BCUT2D eigenvalue weighted by Crippen LogP contribution is 2.34. The van der Waals surface area contributed by atoms with Gasteiger partial charge in [-0.25, -0.2) is 0 Å². The van der Waals surface area contributed by atoms with E-state index >= 15 is 0 Å². The molecule has 0 amide bonds. The first kappa shape index (κ1) is 11.9. The first-order valence-electron chi connectivity index (χ1n) is 6.18. The summed E-state index contributed by atoms with van der Waals surface area (Å²) in [6, 6.07) is 5.20. The Bertz CT molecular complexity index is 644. The van der Waals surface area contributed by atoms with Crippen LogP contribution in [-0.4, -0.2) is 29.0 Å². The molecular formula is C13H14N4O2. The van der Waals surface area contributed by atoms with Gasteiger partial charge in [0.05, 0.1) is 10.3 Å². The van der Waals surface area contributed by atoms with E-state index in [4.69, 9.17) is 5.73 Å². The predicted molar refractivity (Wildman–Crippen MR) is 73.2 cm³/mol. The largest absolute Gasteiger partial charge is 0.369 e. The van der Waals surface area contributed by atoms with Gasteiger partial charge in [0.2, 0.25) is 0 Å². The molecule has 19 heavy (non-hydrogen) atoms. The number of nitro benzene ring substituents is 1. The molecule has 2 aromatic rings. The second kappa shape index (κ2) is 4.47. The normalized spacial score (nSPS) is 19.0. The first-order valence-corrected chi connectivity index (χ1v) is 6.18. The highest BCUT2D eigenvalue weighted by atomic mass is 16.6. The minimum Gasteiger partial charge on any atom is -0.369 e. The molecule has 1 aliphatic rings. The molecule has 0 aliphatic carbocycles. The third-order valence-electron chi connectivity index (χ3n) is 3.53.